The lowest BCUT2D eigenvalue weighted by atomic mass is 10.0. The molecule has 0 fully saturated rings. The van der Waals surface area contributed by atoms with Crippen LogP contribution in [0, 0.1) is 5.92 Å². The lowest BCUT2D eigenvalue weighted by molar-refractivity contribution is 0.0915. The summed E-state index contributed by atoms with van der Waals surface area (Å²) in [6, 6.07) is 5.43. The fourth-order valence-electron chi connectivity index (χ4n) is 1.92. The van der Waals surface area contributed by atoms with Crippen LogP contribution in [0.5, 0.6) is 0 Å². The summed E-state index contributed by atoms with van der Waals surface area (Å²) in [5.74, 6) is -0.115. The number of aromatic nitrogens is 2. The van der Waals surface area contributed by atoms with Gasteiger partial charge in [0, 0.05) is 12.7 Å². The quantitative estimate of drug-likeness (QED) is 0.888. The molecule has 108 valence electrons. The third kappa shape index (κ3) is 3.11. The van der Waals surface area contributed by atoms with Crippen molar-refractivity contribution in [1.82, 2.24) is 14.7 Å². The Morgan fingerprint density at radius 3 is 2.95 bits per heavy atom. The van der Waals surface area contributed by atoms with E-state index < -0.39 is 6.10 Å². The van der Waals surface area contributed by atoms with E-state index in [0.29, 0.717) is 24.3 Å². The molecule has 20 heavy (non-hydrogen) atoms. The average Bonchev–Trinajstić information content (AvgIpc) is 2.74. The maximum Gasteiger partial charge on any atom is 0.271 e. The highest BCUT2D eigenvalue weighted by atomic mass is 35.5. The minimum absolute atomic E-state index is 0.172. The third-order valence-electron chi connectivity index (χ3n) is 3.20. The lowest BCUT2D eigenvalue weighted by Crippen LogP contribution is -2.29. The summed E-state index contributed by atoms with van der Waals surface area (Å²) in [7, 11) is 0. The monoisotopic (exact) mass is 295 g/mol. The number of rotatable bonds is 5. The SMILES string of the molecule is CC(C)C(O)CCNC(=O)c1c(Cl)nc2ccccn12. The molecular formula is C14H18ClN3O2. The van der Waals surface area contributed by atoms with Gasteiger partial charge in [-0.3, -0.25) is 9.20 Å². The normalized spacial score (nSPS) is 12.8. The summed E-state index contributed by atoms with van der Waals surface area (Å²) >= 11 is 6.01. The molecule has 0 spiro atoms. The van der Waals surface area contributed by atoms with Crippen LogP contribution in [-0.4, -0.2) is 33.0 Å². The first-order valence-corrected chi connectivity index (χ1v) is 6.97. The van der Waals surface area contributed by atoms with Gasteiger partial charge in [-0.1, -0.05) is 31.5 Å². The molecule has 0 bridgehead atoms. The summed E-state index contributed by atoms with van der Waals surface area (Å²) in [6.45, 7) is 4.27. The minimum Gasteiger partial charge on any atom is -0.393 e. The van der Waals surface area contributed by atoms with E-state index in [1.165, 1.54) is 0 Å². The van der Waals surface area contributed by atoms with Crippen molar-refractivity contribution in [2.24, 2.45) is 5.92 Å². The average molecular weight is 296 g/mol. The molecule has 2 rings (SSSR count). The zero-order valence-corrected chi connectivity index (χ0v) is 12.3. The highest BCUT2D eigenvalue weighted by Gasteiger charge is 2.18. The van der Waals surface area contributed by atoms with E-state index in [9.17, 15) is 9.90 Å². The van der Waals surface area contributed by atoms with Crippen LogP contribution in [0.25, 0.3) is 5.65 Å². The van der Waals surface area contributed by atoms with Gasteiger partial charge in [-0.2, -0.15) is 0 Å². The second-order valence-electron chi connectivity index (χ2n) is 5.04. The standard InChI is InChI=1S/C14H18ClN3O2/c1-9(2)10(19)6-7-16-14(20)12-13(15)17-11-5-3-4-8-18(11)12/h3-5,8-10,19H,6-7H2,1-2H3,(H,16,20). The number of nitrogens with zero attached hydrogens (tertiary/aromatic N) is 2. The number of fused-ring (bicyclic) bond motifs is 1. The van der Waals surface area contributed by atoms with E-state index >= 15 is 0 Å². The van der Waals surface area contributed by atoms with Crippen molar-refractivity contribution < 1.29 is 9.90 Å². The maximum absolute atomic E-state index is 12.2. The fourth-order valence-corrected chi connectivity index (χ4v) is 2.18. The number of carbonyl (C=O) groups is 1. The largest absolute Gasteiger partial charge is 0.393 e. The summed E-state index contributed by atoms with van der Waals surface area (Å²) in [5.41, 5.74) is 0.950. The number of carbonyl (C=O) groups excluding carboxylic acids is 1. The van der Waals surface area contributed by atoms with Crippen LogP contribution in [-0.2, 0) is 0 Å². The Bertz CT molecular complexity index is 609. The van der Waals surface area contributed by atoms with Gasteiger partial charge in [0.15, 0.2) is 10.8 Å². The van der Waals surface area contributed by atoms with Gasteiger partial charge >= 0.3 is 0 Å². The predicted molar refractivity (Wildman–Crippen MR) is 78.0 cm³/mol. The van der Waals surface area contributed by atoms with Crippen molar-refractivity contribution in [3.05, 3.63) is 35.2 Å². The van der Waals surface area contributed by atoms with Gasteiger partial charge in [0.2, 0.25) is 0 Å². The van der Waals surface area contributed by atoms with Gasteiger partial charge in [0.1, 0.15) is 5.65 Å². The first kappa shape index (κ1) is 14.8. The number of pyridine rings is 1. The molecule has 2 aromatic heterocycles. The molecule has 0 radical (unpaired) electrons. The lowest BCUT2D eigenvalue weighted by Gasteiger charge is -2.14. The summed E-state index contributed by atoms with van der Waals surface area (Å²) in [5, 5.41) is 12.6. The number of aliphatic hydroxyl groups is 1. The zero-order chi connectivity index (χ0) is 14.7. The summed E-state index contributed by atoms with van der Waals surface area (Å²) in [6.07, 6.45) is 1.83. The number of hydrogen-bond donors (Lipinski definition) is 2. The molecule has 0 saturated heterocycles. The Labute approximate surface area is 122 Å². The number of amides is 1. The smallest absolute Gasteiger partial charge is 0.271 e. The molecule has 0 aliphatic rings. The fraction of sp³-hybridized carbons (Fsp3) is 0.429. The van der Waals surface area contributed by atoms with Crippen LogP contribution in [0.4, 0.5) is 0 Å². The molecule has 6 heteroatoms. The first-order valence-electron chi connectivity index (χ1n) is 6.59. The Morgan fingerprint density at radius 1 is 1.50 bits per heavy atom. The van der Waals surface area contributed by atoms with Crippen LogP contribution in [0.15, 0.2) is 24.4 Å². The van der Waals surface area contributed by atoms with Gasteiger partial charge in [0.05, 0.1) is 6.10 Å². The van der Waals surface area contributed by atoms with E-state index in [2.05, 4.69) is 10.3 Å². The Kier molecular flexibility index (Phi) is 4.62. The molecule has 0 aliphatic heterocycles. The molecule has 1 atom stereocenters. The van der Waals surface area contributed by atoms with Gasteiger partial charge in [-0.25, -0.2) is 4.98 Å². The molecule has 2 aromatic rings. The maximum atomic E-state index is 12.2. The first-order chi connectivity index (χ1) is 9.50. The molecule has 1 unspecified atom stereocenters. The van der Waals surface area contributed by atoms with Crippen molar-refractivity contribution in [2.75, 3.05) is 6.54 Å². The van der Waals surface area contributed by atoms with Gasteiger partial charge < -0.3 is 10.4 Å². The van der Waals surface area contributed by atoms with Crippen LogP contribution in [0.1, 0.15) is 30.8 Å². The van der Waals surface area contributed by atoms with Gasteiger partial charge in [0.25, 0.3) is 5.91 Å². The predicted octanol–water partition coefficient (Wildman–Crippen LogP) is 2.12. The van der Waals surface area contributed by atoms with E-state index in [-0.39, 0.29) is 17.0 Å². The Hall–Kier alpha value is -1.59. The summed E-state index contributed by atoms with van der Waals surface area (Å²) in [4.78, 5) is 16.3. The molecule has 0 aliphatic carbocycles. The van der Waals surface area contributed by atoms with Crippen molar-refractivity contribution in [3.8, 4) is 0 Å². The van der Waals surface area contributed by atoms with E-state index in [1.807, 2.05) is 26.0 Å². The van der Waals surface area contributed by atoms with Crippen LogP contribution < -0.4 is 5.32 Å². The number of aliphatic hydroxyl groups excluding tert-OH is 1. The van der Waals surface area contributed by atoms with Crippen molar-refractivity contribution in [1.29, 1.82) is 0 Å². The van der Waals surface area contributed by atoms with Crippen molar-refractivity contribution in [2.45, 2.75) is 26.4 Å². The third-order valence-corrected chi connectivity index (χ3v) is 3.46. The second kappa shape index (κ2) is 6.24. The molecule has 0 saturated carbocycles. The summed E-state index contributed by atoms with van der Waals surface area (Å²) < 4.78 is 1.65. The van der Waals surface area contributed by atoms with Crippen LogP contribution in [0.2, 0.25) is 5.15 Å². The van der Waals surface area contributed by atoms with Gasteiger partial charge in [-0.15, -0.1) is 0 Å². The number of imidazole rings is 1. The minimum atomic E-state index is -0.423. The van der Waals surface area contributed by atoms with E-state index in [0.717, 1.165) is 0 Å². The number of nitrogens with one attached hydrogen (secondary N) is 1. The van der Waals surface area contributed by atoms with Crippen molar-refractivity contribution in [3.63, 3.8) is 0 Å². The van der Waals surface area contributed by atoms with Crippen molar-refractivity contribution >= 4 is 23.2 Å². The van der Waals surface area contributed by atoms with E-state index in [1.54, 1.807) is 16.7 Å². The van der Waals surface area contributed by atoms with Gasteiger partial charge in [-0.05, 0) is 24.5 Å². The Morgan fingerprint density at radius 2 is 2.25 bits per heavy atom. The molecule has 5 nitrogen and oxygen atoms in total. The van der Waals surface area contributed by atoms with Crippen LogP contribution in [0.3, 0.4) is 0 Å². The molecular weight excluding hydrogens is 278 g/mol. The second-order valence-corrected chi connectivity index (χ2v) is 5.39. The zero-order valence-electron chi connectivity index (χ0n) is 11.5. The molecule has 0 aromatic carbocycles. The molecule has 2 N–H and O–H groups in total. The topological polar surface area (TPSA) is 66.6 Å². The Balaban J connectivity index is 2.06. The molecule has 1 amide bonds. The highest BCUT2D eigenvalue weighted by molar-refractivity contribution is 6.32. The number of halogens is 1. The number of hydrogen-bond acceptors (Lipinski definition) is 3. The van der Waals surface area contributed by atoms with Crippen LogP contribution >= 0.6 is 11.6 Å². The molecule has 2 heterocycles. The highest BCUT2D eigenvalue weighted by Crippen LogP contribution is 2.17. The van der Waals surface area contributed by atoms with E-state index in [4.69, 9.17) is 11.6 Å².